The van der Waals surface area contributed by atoms with Gasteiger partial charge in [-0.05, 0) is 29.9 Å². The zero-order valence-corrected chi connectivity index (χ0v) is 31.4. The monoisotopic (exact) mass is 756 g/mol. The number of amides is 5. The number of rotatable bonds is 22. The summed E-state index contributed by atoms with van der Waals surface area (Å²) in [6.45, 7) is 7.29. The van der Waals surface area contributed by atoms with Crippen LogP contribution in [0.4, 0.5) is 0 Å². The first kappa shape index (κ1) is 44.2. The van der Waals surface area contributed by atoms with Crippen LogP contribution < -0.4 is 32.3 Å². The third-order valence-corrected chi connectivity index (χ3v) is 8.79. The van der Waals surface area contributed by atoms with Crippen molar-refractivity contribution in [3.63, 3.8) is 0 Å². The van der Waals surface area contributed by atoms with E-state index in [1.165, 1.54) is 0 Å². The van der Waals surface area contributed by atoms with Gasteiger partial charge < -0.3 is 42.5 Å². The zero-order chi connectivity index (χ0) is 39.7. The zero-order valence-electron chi connectivity index (χ0n) is 30.5. The van der Waals surface area contributed by atoms with Crippen LogP contribution >= 0.6 is 12.6 Å². The quantitative estimate of drug-likeness (QED) is 0.0766. The number of hydrogen-bond donors (Lipinski definition) is 9. The molecule has 0 aromatic heterocycles. The van der Waals surface area contributed by atoms with Gasteiger partial charge in [0.05, 0.1) is 6.42 Å². The van der Waals surface area contributed by atoms with Crippen molar-refractivity contribution in [3.8, 4) is 0 Å². The van der Waals surface area contributed by atoms with E-state index in [2.05, 4.69) is 53.1 Å². The molecule has 53 heavy (non-hydrogen) atoms. The molecular formula is C37H52N6O9S. The number of carboxylic acids is 2. The van der Waals surface area contributed by atoms with Crippen LogP contribution in [0.15, 0.2) is 60.7 Å². The lowest BCUT2D eigenvalue weighted by Crippen LogP contribution is -2.59. The van der Waals surface area contributed by atoms with Gasteiger partial charge in [0.2, 0.25) is 29.5 Å². The molecule has 2 aromatic rings. The summed E-state index contributed by atoms with van der Waals surface area (Å²) in [5.41, 5.74) is 6.72. The number of nitrogens with two attached hydrogens (primary N) is 1. The van der Waals surface area contributed by atoms with Gasteiger partial charge in [-0.15, -0.1) is 0 Å². The number of carboxylic acid groups (broad SMARTS) is 2. The molecule has 2 aromatic carbocycles. The molecule has 0 radical (unpaired) electrons. The van der Waals surface area contributed by atoms with Gasteiger partial charge in [0, 0.05) is 30.6 Å². The molecule has 0 aliphatic carbocycles. The van der Waals surface area contributed by atoms with Crippen molar-refractivity contribution in [2.45, 2.75) is 90.0 Å². The van der Waals surface area contributed by atoms with Gasteiger partial charge in [-0.2, -0.15) is 12.6 Å². The summed E-state index contributed by atoms with van der Waals surface area (Å²) in [5.74, 6) is -6.49. The molecule has 2 unspecified atom stereocenters. The molecule has 5 amide bonds. The van der Waals surface area contributed by atoms with E-state index in [1.807, 2.05) is 44.2 Å². The van der Waals surface area contributed by atoms with Crippen LogP contribution in [0.3, 0.4) is 0 Å². The first-order valence-electron chi connectivity index (χ1n) is 17.3. The molecule has 0 spiro atoms. The summed E-state index contributed by atoms with van der Waals surface area (Å²) in [5, 5.41) is 31.0. The van der Waals surface area contributed by atoms with Crippen molar-refractivity contribution in [1.82, 2.24) is 26.6 Å². The standard InChI is InChI=1S/C37H52N6O9S/c1-22(2)15-16-37(3,4)36(52)43-27(18-24-13-9-6-10-14-24)33(48)41-26(17-23-11-7-5-8-12-23)32(47)39-20-25(38)31(46)40-28(19-30(44)45)34(49)42-29(21-53)35(50)51/h5-14,22,25-29,53H,15-21,38H2,1-4H3,(H,39,47)(H,40,46)(H,41,48)(H,42,49)(H,43,52)(H,44,45)(H,50,51)/t25-,26?,27?,28-,29+/m0/s1. The largest absolute Gasteiger partial charge is 0.481 e. The number of aliphatic carboxylic acids is 2. The van der Waals surface area contributed by atoms with Gasteiger partial charge in [0.1, 0.15) is 30.2 Å². The van der Waals surface area contributed by atoms with Crippen molar-refractivity contribution >= 4 is 54.1 Å². The average Bonchev–Trinajstić information content (AvgIpc) is 3.11. The van der Waals surface area contributed by atoms with E-state index in [-0.39, 0.29) is 24.5 Å². The highest BCUT2D eigenvalue weighted by atomic mass is 32.1. The van der Waals surface area contributed by atoms with Crippen LogP contribution in [0.1, 0.15) is 58.1 Å². The molecule has 2 rings (SSSR count). The van der Waals surface area contributed by atoms with Crippen LogP contribution in [0.25, 0.3) is 0 Å². The molecule has 0 saturated carbocycles. The van der Waals surface area contributed by atoms with E-state index in [1.54, 1.807) is 30.3 Å². The highest BCUT2D eigenvalue weighted by Gasteiger charge is 2.34. The molecule has 0 saturated heterocycles. The number of hydrogen-bond acceptors (Lipinski definition) is 9. The SMILES string of the molecule is CC(C)CCC(C)(C)C(=O)NC(Cc1ccccc1)C(=O)NC(Cc1ccccc1)C(=O)NC[C@H](N)C(=O)N[C@@H](CC(=O)O)C(=O)N[C@H](CS)C(=O)O. The first-order valence-corrected chi connectivity index (χ1v) is 17.9. The molecule has 16 heteroatoms. The first-order chi connectivity index (χ1) is 24.9. The van der Waals surface area contributed by atoms with Gasteiger partial charge in [0.25, 0.3) is 0 Å². The van der Waals surface area contributed by atoms with Crippen LogP contribution in [-0.4, -0.2) is 94.2 Å². The van der Waals surface area contributed by atoms with E-state index < -0.39 is 84.2 Å². The Morgan fingerprint density at radius 3 is 1.64 bits per heavy atom. The Kier molecular flexibility index (Phi) is 18.0. The Morgan fingerprint density at radius 1 is 0.698 bits per heavy atom. The maximum Gasteiger partial charge on any atom is 0.327 e. The van der Waals surface area contributed by atoms with E-state index in [0.717, 1.165) is 12.0 Å². The Balaban J connectivity index is 2.24. The molecule has 0 heterocycles. The fraction of sp³-hybridized carbons (Fsp3) is 0.486. The van der Waals surface area contributed by atoms with Crippen molar-refractivity contribution in [2.24, 2.45) is 17.1 Å². The highest BCUT2D eigenvalue weighted by molar-refractivity contribution is 7.80. The number of benzene rings is 2. The Labute approximate surface area is 315 Å². The van der Waals surface area contributed by atoms with E-state index in [9.17, 15) is 43.8 Å². The lowest BCUT2D eigenvalue weighted by Gasteiger charge is -2.29. The maximum absolute atomic E-state index is 13.9. The molecule has 0 fully saturated rings. The minimum absolute atomic E-state index is 0.0441. The second-order valence-corrected chi connectivity index (χ2v) is 14.2. The molecular weight excluding hydrogens is 705 g/mol. The van der Waals surface area contributed by atoms with Crippen molar-refractivity contribution in [2.75, 3.05) is 12.3 Å². The second kappa shape index (κ2) is 21.5. The normalized spacial score (nSPS) is 14.1. The number of nitrogens with one attached hydrogen (secondary N) is 5. The van der Waals surface area contributed by atoms with Crippen LogP contribution in [0.5, 0.6) is 0 Å². The smallest absolute Gasteiger partial charge is 0.327 e. The summed E-state index contributed by atoms with van der Waals surface area (Å²) in [6.07, 6.45) is 0.724. The summed E-state index contributed by atoms with van der Waals surface area (Å²) in [7, 11) is 0. The van der Waals surface area contributed by atoms with Crippen LogP contribution in [0.2, 0.25) is 0 Å². The minimum atomic E-state index is -1.68. The molecule has 5 atom stereocenters. The third kappa shape index (κ3) is 15.7. The molecule has 15 nitrogen and oxygen atoms in total. The molecule has 290 valence electrons. The van der Waals surface area contributed by atoms with Crippen molar-refractivity contribution in [3.05, 3.63) is 71.8 Å². The third-order valence-electron chi connectivity index (χ3n) is 8.42. The number of carbonyl (C=O) groups is 7. The van der Waals surface area contributed by atoms with Gasteiger partial charge in [-0.25, -0.2) is 4.79 Å². The number of thiol groups is 1. The van der Waals surface area contributed by atoms with Gasteiger partial charge in [-0.1, -0.05) is 88.4 Å². The molecule has 0 aliphatic heterocycles. The van der Waals surface area contributed by atoms with Gasteiger partial charge in [0.15, 0.2) is 0 Å². The summed E-state index contributed by atoms with van der Waals surface area (Å²) in [4.78, 5) is 89.3. The van der Waals surface area contributed by atoms with Gasteiger partial charge >= 0.3 is 11.9 Å². The topological polar surface area (TPSA) is 246 Å². The van der Waals surface area contributed by atoms with Crippen LogP contribution in [-0.2, 0) is 46.4 Å². The van der Waals surface area contributed by atoms with Crippen molar-refractivity contribution < 1.29 is 43.8 Å². The van der Waals surface area contributed by atoms with E-state index in [4.69, 9.17) is 5.73 Å². The van der Waals surface area contributed by atoms with Crippen molar-refractivity contribution in [1.29, 1.82) is 0 Å². The second-order valence-electron chi connectivity index (χ2n) is 13.9. The van der Waals surface area contributed by atoms with E-state index in [0.29, 0.717) is 17.9 Å². The fourth-order valence-corrected chi connectivity index (χ4v) is 5.30. The fourth-order valence-electron chi connectivity index (χ4n) is 5.05. The Bertz CT molecular complexity index is 1560. The summed E-state index contributed by atoms with van der Waals surface area (Å²) >= 11 is 3.85. The van der Waals surface area contributed by atoms with E-state index >= 15 is 0 Å². The molecule has 0 aliphatic rings. The van der Waals surface area contributed by atoms with Crippen LogP contribution in [0, 0.1) is 11.3 Å². The Hall–Kier alpha value is -4.96. The summed E-state index contributed by atoms with van der Waals surface area (Å²) in [6, 6.07) is 11.2. The highest BCUT2D eigenvalue weighted by Crippen LogP contribution is 2.25. The molecule has 0 bridgehead atoms. The predicted octanol–water partition coefficient (Wildman–Crippen LogP) is 0.806. The maximum atomic E-state index is 13.9. The number of carbonyl (C=O) groups excluding carboxylic acids is 5. The lowest BCUT2D eigenvalue weighted by atomic mass is 9.84. The average molecular weight is 757 g/mol. The predicted molar refractivity (Wildman–Crippen MR) is 201 cm³/mol. The van der Waals surface area contributed by atoms with Gasteiger partial charge in [-0.3, -0.25) is 28.8 Å². The summed E-state index contributed by atoms with van der Waals surface area (Å²) < 4.78 is 0. The Morgan fingerprint density at radius 2 is 1.17 bits per heavy atom. The minimum Gasteiger partial charge on any atom is -0.481 e. The lowest BCUT2D eigenvalue weighted by molar-refractivity contribution is -0.143. The molecule has 9 N–H and O–H groups in total.